The van der Waals surface area contributed by atoms with Crippen molar-refractivity contribution in [3.8, 4) is 0 Å². The average Bonchev–Trinajstić information content (AvgIpc) is 2.66. The van der Waals surface area contributed by atoms with E-state index in [0.29, 0.717) is 5.75 Å². The van der Waals surface area contributed by atoms with E-state index >= 15 is 0 Å². The summed E-state index contributed by atoms with van der Waals surface area (Å²) in [6.07, 6.45) is 1.12. The molecule has 0 aliphatic carbocycles. The van der Waals surface area contributed by atoms with Crippen LogP contribution in [-0.2, 0) is 11.2 Å². The molecule has 0 unspecified atom stereocenters. The molecule has 4 heteroatoms. The van der Waals surface area contributed by atoms with Crippen LogP contribution >= 0.6 is 11.8 Å². The first-order valence-electron chi connectivity index (χ1n) is 8.64. The number of thioether (sulfide) groups is 1. The number of nitrogens with one attached hydrogen (secondary N) is 1. The zero-order valence-electron chi connectivity index (χ0n) is 14.0. The van der Waals surface area contributed by atoms with Crippen LogP contribution in [-0.4, -0.2) is 49.3 Å². The molecule has 1 N–H and O–H groups in total. The lowest BCUT2D eigenvalue weighted by Gasteiger charge is -2.32. The van der Waals surface area contributed by atoms with Crippen LogP contribution in [0.2, 0.25) is 0 Å². The van der Waals surface area contributed by atoms with E-state index in [0.717, 1.165) is 44.0 Å². The Morgan fingerprint density at radius 2 is 1.58 bits per heavy atom. The third-order valence-corrected chi connectivity index (χ3v) is 5.54. The molecular formula is C20H25N2OS+. The molecule has 1 fully saturated rings. The molecule has 1 aliphatic rings. The van der Waals surface area contributed by atoms with Crippen molar-refractivity contribution >= 4 is 17.7 Å². The fourth-order valence-electron chi connectivity index (χ4n) is 3.04. The number of amides is 1. The maximum absolute atomic E-state index is 12.4. The van der Waals surface area contributed by atoms with Gasteiger partial charge in [0.25, 0.3) is 0 Å². The van der Waals surface area contributed by atoms with Gasteiger partial charge < -0.3 is 9.80 Å². The van der Waals surface area contributed by atoms with Crippen LogP contribution in [0.4, 0.5) is 0 Å². The summed E-state index contributed by atoms with van der Waals surface area (Å²) in [6.45, 7) is 5.06. The van der Waals surface area contributed by atoms with Crippen molar-refractivity contribution in [2.75, 3.05) is 38.5 Å². The monoisotopic (exact) mass is 341 g/mol. The summed E-state index contributed by atoms with van der Waals surface area (Å²) < 4.78 is 0. The van der Waals surface area contributed by atoms with Crippen LogP contribution in [0.5, 0.6) is 0 Å². The number of carbonyl (C=O) groups is 1. The molecule has 0 aromatic heterocycles. The van der Waals surface area contributed by atoms with Crippen molar-refractivity contribution in [1.82, 2.24) is 4.90 Å². The molecule has 1 amide bonds. The first-order valence-corrected chi connectivity index (χ1v) is 9.63. The molecule has 2 aromatic carbocycles. The molecule has 0 atom stereocenters. The van der Waals surface area contributed by atoms with Gasteiger partial charge in [0.15, 0.2) is 0 Å². The molecule has 3 rings (SSSR count). The van der Waals surface area contributed by atoms with Gasteiger partial charge >= 0.3 is 0 Å². The second kappa shape index (κ2) is 8.90. The second-order valence-corrected chi connectivity index (χ2v) is 7.27. The summed E-state index contributed by atoms with van der Waals surface area (Å²) >= 11 is 1.63. The number of quaternary nitrogens is 1. The van der Waals surface area contributed by atoms with E-state index in [1.807, 2.05) is 23.1 Å². The summed E-state index contributed by atoms with van der Waals surface area (Å²) in [5.41, 5.74) is 1.41. The fourth-order valence-corrected chi connectivity index (χ4v) is 3.86. The Morgan fingerprint density at radius 3 is 2.25 bits per heavy atom. The molecule has 0 saturated carbocycles. The van der Waals surface area contributed by atoms with Crippen LogP contribution < -0.4 is 4.90 Å². The van der Waals surface area contributed by atoms with Crippen molar-refractivity contribution in [3.05, 3.63) is 66.2 Å². The Labute approximate surface area is 148 Å². The van der Waals surface area contributed by atoms with Crippen LogP contribution in [0.25, 0.3) is 0 Å². The van der Waals surface area contributed by atoms with E-state index in [9.17, 15) is 4.79 Å². The zero-order chi connectivity index (χ0) is 16.6. The molecule has 3 nitrogen and oxygen atoms in total. The number of benzene rings is 2. The van der Waals surface area contributed by atoms with Crippen LogP contribution in [0.1, 0.15) is 5.56 Å². The number of piperazine rings is 1. The highest BCUT2D eigenvalue weighted by molar-refractivity contribution is 8.00. The average molecular weight is 342 g/mol. The SMILES string of the molecule is O=C(CSc1ccccc1)N1CC[NH+](CCc2ccccc2)CC1. The van der Waals surface area contributed by atoms with Gasteiger partial charge in [-0.15, -0.1) is 11.8 Å². The summed E-state index contributed by atoms with van der Waals surface area (Å²) in [6, 6.07) is 20.8. The van der Waals surface area contributed by atoms with Crippen LogP contribution in [0, 0.1) is 0 Å². The Hall–Kier alpha value is -1.78. The molecular weight excluding hydrogens is 316 g/mol. The quantitative estimate of drug-likeness (QED) is 0.810. The van der Waals surface area contributed by atoms with Crippen LogP contribution in [0.15, 0.2) is 65.6 Å². The normalized spacial score (nSPS) is 15.4. The van der Waals surface area contributed by atoms with E-state index < -0.39 is 0 Å². The van der Waals surface area contributed by atoms with E-state index in [-0.39, 0.29) is 5.91 Å². The van der Waals surface area contributed by atoms with Gasteiger partial charge in [0.1, 0.15) is 0 Å². The van der Waals surface area contributed by atoms with E-state index in [1.54, 1.807) is 16.7 Å². The van der Waals surface area contributed by atoms with Crippen molar-refractivity contribution in [2.45, 2.75) is 11.3 Å². The van der Waals surface area contributed by atoms with Crippen molar-refractivity contribution < 1.29 is 9.69 Å². The lowest BCUT2D eigenvalue weighted by Crippen LogP contribution is -3.15. The molecule has 24 heavy (non-hydrogen) atoms. The lowest BCUT2D eigenvalue weighted by molar-refractivity contribution is -0.903. The van der Waals surface area contributed by atoms with Crippen molar-refractivity contribution in [1.29, 1.82) is 0 Å². The smallest absolute Gasteiger partial charge is 0.233 e. The zero-order valence-corrected chi connectivity index (χ0v) is 14.8. The molecule has 1 saturated heterocycles. The number of rotatable bonds is 6. The summed E-state index contributed by atoms with van der Waals surface area (Å²) in [7, 11) is 0. The Morgan fingerprint density at radius 1 is 0.958 bits per heavy atom. The first kappa shape index (κ1) is 17.1. The topological polar surface area (TPSA) is 24.8 Å². The predicted molar refractivity (Wildman–Crippen MR) is 99.5 cm³/mol. The van der Waals surface area contributed by atoms with Gasteiger partial charge in [-0.25, -0.2) is 0 Å². The highest BCUT2D eigenvalue weighted by Gasteiger charge is 2.23. The van der Waals surface area contributed by atoms with Crippen molar-refractivity contribution in [2.24, 2.45) is 0 Å². The van der Waals surface area contributed by atoms with Gasteiger partial charge in [-0.1, -0.05) is 48.5 Å². The van der Waals surface area contributed by atoms with Gasteiger partial charge in [-0.2, -0.15) is 0 Å². The number of carbonyl (C=O) groups excluding carboxylic acids is 1. The van der Waals surface area contributed by atoms with E-state index in [4.69, 9.17) is 0 Å². The Kier molecular flexibility index (Phi) is 6.33. The number of hydrogen-bond acceptors (Lipinski definition) is 2. The molecule has 126 valence electrons. The fraction of sp³-hybridized carbons (Fsp3) is 0.350. The van der Waals surface area contributed by atoms with Gasteiger partial charge in [-0.05, 0) is 17.7 Å². The van der Waals surface area contributed by atoms with Crippen LogP contribution in [0.3, 0.4) is 0 Å². The summed E-state index contributed by atoms with van der Waals surface area (Å²) in [5.74, 6) is 0.814. The Bertz CT molecular complexity index is 625. The maximum Gasteiger partial charge on any atom is 0.233 e. The minimum atomic E-state index is 0.269. The summed E-state index contributed by atoms with van der Waals surface area (Å²) in [5, 5.41) is 0. The molecule has 2 aromatic rings. The third kappa shape index (κ3) is 5.11. The predicted octanol–water partition coefficient (Wildman–Crippen LogP) is 1.75. The molecule has 0 bridgehead atoms. The molecule has 1 heterocycles. The Balaban J connectivity index is 1.37. The minimum Gasteiger partial charge on any atom is -0.332 e. The number of hydrogen-bond donors (Lipinski definition) is 1. The van der Waals surface area contributed by atoms with E-state index in [2.05, 4.69) is 42.5 Å². The highest BCUT2D eigenvalue weighted by Crippen LogP contribution is 2.17. The summed E-state index contributed by atoms with van der Waals surface area (Å²) in [4.78, 5) is 17.2. The standard InChI is InChI=1S/C20H24N2OS/c23-20(17-24-19-9-5-2-6-10-19)22-15-13-21(14-16-22)12-11-18-7-3-1-4-8-18/h1-10H,11-17H2/p+1. The molecule has 1 aliphatic heterocycles. The first-order chi connectivity index (χ1) is 11.8. The van der Waals surface area contributed by atoms with E-state index in [1.165, 1.54) is 5.56 Å². The van der Waals surface area contributed by atoms with Crippen molar-refractivity contribution in [3.63, 3.8) is 0 Å². The second-order valence-electron chi connectivity index (χ2n) is 6.22. The molecule has 0 radical (unpaired) electrons. The largest absolute Gasteiger partial charge is 0.332 e. The van der Waals surface area contributed by atoms with Gasteiger partial charge in [0, 0.05) is 11.3 Å². The third-order valence-electron chi connectivity index (χ3n) is 4.54. The maximum atomic E-state index is 12.4. The van der Waals surface area contributed by atoms with Gasteiger partial charge in [0.2, 0.25) is 5.91 Å². The number of nitrogens with zero attached hydrogens (tertiary/aromatic N) is 1. The lowest BCUT2D eigenvalue weighted by atomic mass is 10.1. The minimum absolute atomic E-state index is 0.269. The highest BCUT2D eigenvalue weighted by atomic mass is 32.2. The van der Waals surface area contributed by atoms with Gasteiger partial charge in [-0.3, -0.25) is 4.79 Å². The van der Waals surface area contributed by atoms with Gasteiger partial charge in [0.05, 0.1) is 38.5 Å². The molecule has 0 spiro atoms.